The number of amides is 2. The zero-order valence-corrected chi connectivity index (χ0v) is 22.6. The lowest BCUT2D eigenvalue weighted by Gasteiger charge is -2.33. The van der Waals surface area contributed by atoms with E-state index in [1.807, 2.05) is 30.3 Å². The van der Waals surface area contributed by atoms with Crippen LogP contribution in [0.15, 0.2) is 72.8 Å². The van der Waals surface area contributed by atoms with Gasteiger partial charge in [-0.2, -0.15) is 0 Å². The Hall–Kier alpha value is -3.09. The first kappa shape index (κ1) is 27.9. The number of hydrogen-bond donors (Lipinski definition) is 1. The summed E-state index contributed by atoms with van der Waals surface area (Å²) < 4.78 is 19.0. The molecule has 1 saturated carbocycles. The molecular weight excluding hydrogens is 526 g/mol. The molecule has 2 amide bonds. The minimum Gasteiger partial charge on any atom is -0.484 e. The Morgan fingerprint density at radius 3 is 2.37 bits per heavy atom. The van der Waals surface area contributed by atoms with Crippen LogP contribution in [0.5, 0.6) is 5.75 Å². The van der Waals surface area contributed by atoms with Crippen LogP contribution in [0.3, 0.4) is 0 Å². The largest absolute Gasteiger partial charge is 0.484 e. The van der Waals surface area contributed by atoms with Gasteiger partial charge in [0.05, 0.1) is 0 Å². The number of ether oxygens (including phenoxy) is 1. The molecule has 3 aromatic rings. The predicted molar refractivity (Wildman–Crippen MR) is 148 cm³/mol. The molecular formula is C30H31Cl2FN2O3. The zero-order valence-electron chi connectivity index (χ0n) is 21.0. The minimum atomic E-state index is -0.796. The number of hydrogen-bond acceptors (Lipinski definition) is 3. The van der Waals surface area contributed by atoms with Crippen molar-refractivity contribution in [3.05, 3.63) is 99.8 Å². The van der Waals surface area contributed by atoms with E-state index in [1.54, 1.807) is 18.2 Å². The summed E-state index contributed by atoms with van der Waals surface area (Å²) in [5.41, 5.74) is 1.59. The maximum atomic E-state index is 13.8. The van der Waals surface area contributed by atoms with Crippen LogP contribution in [-0.2, 0) is 22.6 Å². The number of carbonyl (C=O) groups excluding carboxylic acids is 2. The van der Waals surface area contributed by atoms with Crippen LogP contribution in [0, 0.1) is 5.82 Å². The van der Waals surface area contributed by atoms with E-state index in [2.05, 4.69) is 5.32 Å². The van der Waals surface area contributed by atoms with Gasteiger partial charge in [-0.1, -0.05) is 78.9 Å². The standard InChI is InChI=1S/C30H31Cl2FN2O3/c31-23-12-11-22(27(32)18-23)19-35(29(36)20-38-26-15-13-24(33)14-16-26)28(17-21-7-3-1-4-8-21)30(37)34-25-9-5-2-6-10-25/h1,3-4,7-8,11-16,18,25,28H,2,5-6,9-10,17,19-20H2,(H,34,37)/t28-/m0/s1. The van der Waals surface area contributed by atoms with Crippen molar-refractivity contribution >= 4 is 35.0 Å². The van der Waals surface area contributed by atoms with Crippen LogP contribution in [-0.4, -0.2) is 35.4 Å². The normalized spacial score (nSPS) is 14.5. The Bertz CT molecular complexity index is 1220. The van der Waals surface area contributed by atoms with Gasteiger partial charge >= 0.3 is 0 Å². The number of halogens is 3. The second-order valence-corrected chi connectivity index (χ2v) is 10.4. The predicted octanol–water partition coefficient (Wildman–Crippen LogP) is 6.60. The summed E-state index contributed by atoms with van der Waals surface area (Å²) in [6.45, 7) is -0.226. The molecule has 1 aliphatic carbocycles. The van der Waals surface area contributed by atoms with Gasteiger partial charge in [-0.15, -0.1) is 0 Å². The van der Waals surface area contributed by atoms with Gasteiger partial charge in [-0.25, -0.2) is 4.39 Å². The van der Waals surface area contributed by atoms with Gasteiger partial charge in [0.15, 0.2) is 6.61 Å². The summed E-state index contributed by atoms with van der Waals surface area (Å²) in [5, 5.41) is 4.08. The molecule has 0 radical (unpaired) electrons. The summed E-state index contributed by atoms with van der Waals surface area (Å²) in [6, 6.07) is 19.4. The molecule has 1 aliphatic rings. The lowest BCUT2D eigenvalue weighted by molar-refractivity contribution is -0.143. The maximum Gasteiger partial charge on any atom is 0.261 e. The highest BCUT2D eigenvalue weighted by Gasteiger charge is 2.32. The Morgan fingerprint density at radius 1 is 0.974 bits per heavy atom. The molecule has 0 heterocycles. The van der Waals surface area contributed by atoms with Gasteiger partial charge in [-0.3, -0.25) is 9.59 Å². The lowest BCUT2D eigenvalue weighted by atomic mass is 9.94. The van der Waals surface area contributed by atoms with E-state index in [9.17, 15) is 14.0 Å². The van der Waals surface area contributed by atoms with Crippen LogP contribution in [0.4, 0.5) is 4.39 Å². The van der Waals surface area contributed by atoms with Crippen LogP contribution in [0.25, 0.3) is 0 Å². The van der Waals surface area contributed by atoms with E-state index < -0.39 is 11.9 Å². The molecule has 4 rings (SSSR count). The highest BCUT2D eigenvalue weighted by Crippen LogP contribution is 2.25. The van der Waals surface area contributed by atoms with Crippen molar-refractivity contribution < 1.29 is 18.7 Å². The summed E-state index contributed by atoms with van der Waals surface area (Å²) in [4.78, 5) is 29.0. The fraction of sp³-hybridized carbons (Fsp3) is 0.333. The van der Waals surface area contributed by atoms with Crippen molar-refractivity contribution in [3.8, 4) is 5.75 Å². The monoisotopic (exact) mass is 556 g/mol. The van der Waals surface area contributed by atoms with Crippen molar-refractivity contribution in [1.82, 2.24) is 10.2 Å². The molecule has 1 fully saturated rings. The molecule has 1 atom stereocenters. The number of carbonyl (C=O) groups is 2. The molecule has 0 bridgehead atoms. The van der Waals surface area contributed by atoms with Gasteiger partial charge in [-0.05, 0) is 60.4 Å². The minimum absolute atomic E-state index is 0.0843. The number of nitrogens with zero attached hydrogens (tertiary/aromatic N) is 1. The van der Waals surface area contributed by atoms with E-state index >= 15 is 0 Å². The van der Waals surface area contributed by atoms with Crippen molar-refractivity contribution in [2.75, 3.05) is 6.61 Å². The van der Waals surface area contributed by atoms with Crippen molar-refractivity contribution in [2.45, 2.75) is 57.2 Å². The van der Waals surface area contributed by atoms with Crippen LogP contribution >= 0.6 is 23.2 Å². The third kappa shape index (κ3) is 7.95. The van der Waals surface area contributed by atoms with Crippen LogP contribution in [0.2, 0.25) is 10.0 Å². The van der Waals surface area contributed by atoms with E-state index in [0.29, 0.717) is 27.8 Å². The van der Waals surface area contributed by atoms with E-state index in [4.69, 9.17) is 27.9 Å². The molecule has 0 aliphatic heterocycles. The highest BCUT2D eigenvalue weighted by molar-refractivity contribution is 6.35. The zero-order chi connectivity index (χ0) is 26.9. The van der Waals surface area contributed by atoms with Crippen LogP contribution in [0.1, 0.15) is 43.2 Å². The Labute approximate surface area is 232 Å². The van der Waals surface area contributed by atoms with E-state index in [1.165, 1.54) is 35.6 Å². The lowest BCUT2D eigenvalue weighted by Crippen LogP contribution is -2.53. The fourth-order valence-corrected chi connectivity index (χ4v) is 5.16. The van der Waals surface area contributed by atoms with Crippen molar-refractivity contribution in [1.29, 1.82) is 0 Å². The Morgan fingerprint density at radius 2 is 1.68 bits per heavy atom. The molecule has 3 aromatic carbocycles. The summed E-state index contributed by atoms with van der Waals surface area (Å²) in [7, 11) is 0. The number of nitrogens with one attached hydrogen (secondary N) is 1. The smallest absolute Gasteiger partial charge is 0.261 e. The topological polar surface area (TPSA) is 58.6 Å². The Balaban J connectivity index is 1.62. The first-order chi connectivity index (χ1) is 18.4. The van der Waals surface area contributed by atoms with E-state index in [0.717, 1.165) is 31.2 Å². The summed E-state index contributed by atoms with van der Waals surface area (Å²) in [5.74, 6) is -0.637. The Kier molecular flexibility index (Phi) is 10.0. The molecule has 8 heteroatoms. The van der Waals surface area contributed by atoms with Gasteiger partial charge in [0.2, 0.25) is 5.91 Å². The maximum absolute atomic E-state index is 13.8. The third-order valence-electron chi connectivity index (χ3n) is 6.75. The van der Waals surface area contributed by atoms with Gasteiger partial charge in [0, 0.05) is 29.1 Å². The number of rotatable bonds is 10. The molecule has 38 heavy (non-hydrogen) atoms. The average Bonchev–Trinajstić information content (AvgIpc) is 2.92. The number of benzene rings is 3. The first-order valence-corrected chi connectivity index (χ1v) is 13.6. The second kappa shape index (κ2) is 13.6. The molecule has 0 unspecified atom stereocenters. The van der Waals surface area contributed by atoms with Gasteiger partial charge in [0.25, 0.3) is 5.91 Å². The van der Waals surface area contributed by atoms with Crippen molar-refractivity contribution in [2.24, 2.45) is 0 Å². The molecule has 1 N–H and O–H groups in total. The van der Waals surface area contributed by atoms with Gasteiger partial charge in [0.1, 0.15) is 17.6 Å². The fourth-order valence-electron chi connectivity index (χ4n) is 4.69. The SMILES string of the molecule is O=C(NC1CCCCC1)[C@H](Cc1ccccc1)N(Cc1ccc(Cl)cc1Cl)C(=O)COc1ccc(F)cc1. The van der Waals surface area contributed by atoms with Crippen molar-refractivity contribution in [3.63, 3.8) is 0 Å². The molecule has 200 valence electrons. The molecule has 0 saturated heterocycles. The average molecular weight is 557 g/mol. The van der Waals surface area contributed by atoms with Crippen LogP contribution < -0.4 is 10.1 Å². The summed E-state index contributed by atoms with van der Waals surface area (Å²) >= 11 is 12.6. The third-order valence-corrected chi connectivity index (χ3v) is 7.34. The molecule has 0 spiro atoms. The highest BCUT2D eigenvalue weighted by atomic mass is 35.5. The first-order valence-electron chi connectivity index (χ1n) is 12.8. The second-order valence-electron chi connectivity index (χ2n) is 9.55. The molecule has 5 nitrogen and oxygen atoms in total. The van der Waals surface area contributed by atoms with Gasteiger partial charge < -0.3 is 15.0 Å². The summed E-state index contributed by atoms with van der Waals surface area (Å²) in [6.07, 6.45) is 5.49. The molecule has 0 aromatic heterocycles. The van der Waals surface area contributed by atoms with E-state index in [-0.39, 0.29) is 31.0 Å². The quantitative estimate of drug-likeness (QED) is 0.306.